The molecule has 9 nitrogen and oxygen atoms in total. The number of hydrogen-bond donors (Lipinski definition) is 3. The van der Waals surface area contributed by atoms with Crippen LogP contribution in [0.15, 0.2) is 17.1 Å². The molecule has 2 aromatic rings. The highest BCUT2D eigenvalue weighted by atomic mass is 35.5. The van der Waals surface area contributed by atoms with Crippen molar-refractivity contribution in [3.63, 3.8) is 0 Å². The fourth-order valence-electron chi connectivity index (χ4n) is 4.31. The van der Waals surface area contributed by atoms with E-state index in [0.717, 1.165) is 49.8 Å². The molecule has 3 N–H and O–H groups in total. The molecular formula is C21H28ClN5O4. The van der Waals surface area contributed by atoms with Gasteiger partial charge in [0.15, 0.2) is 5.56 Å². The Morgan fingerprint density at radius 2 is 2.06 bits per heavy atom. The first kappa shape index (κ1) is 21.9. The van der Waals surface area contributed by atoms with Crippen molar-refractivity contribution in [2.75, 3.05) is 26.3 Å². The Kier molecular flexibility index (Phi) is 6.36. The molecule has 2 aliphatic heterocycles. The molecule has 2 aromatic heterocycles. The largest absolute Gasteiger partial charge is 0.492 e. The number of nitrogens with zero attached hydrogens (tertiary/aromatic N) is 3. The van der Waals surface area contributed by atoms with E-state index in [1.807, 2.05) is 0 Å². The molecule has 0 unspecified atom stereocenters. The van der Waals surface area contributed by atoms with Crippen LogP contribution >= 0.6 is 12.4 Å². The van der Waals surface area contributed by atoms with Crippen LogP contribution in [0.2, 0.25) is 0 Å². The third-order valence-electron chi connectivity index (χ3n) is 6.18. The van der Waals surface area contributed by atoms with Crippen molar-refractivity contribution in [3.05, 3.63) is 33.8 Å². The number of carbonyl (C=O) groups is 1. The van der Waals surface area contributed by atoms with Crippen molar-refractivity contribution in [3.8, 4) is 5.88 Å². The van der Waals surface area contributed by atoms with E-state index in [1.165, 1.54) is 4.52 Å². The Morgan fingerprint density at radius 3 is 2.74 bits per heavy atom. The third kappa shape index (κ3) is 4.22. The maximum atomic E-state index is 13.5. The first-order chi connectivity index (χ1) is 14.6. The number of nitrogens with one attached hydrogen (secondary N) is 2. The van der Waals surface area contributed by atoms with Crippen LogP contribution in [0.3, 0.4) is 0 Å². The molecule has 4 heterocycles. The lowest BCUT2D eigenvalue weighted by Gasteiger charge is -2.24. The van der Waals surface area contributed by atoms with E-state index >= 15 is 0 Å². The molecule has 1 saturated carbocycles. The highest BCUT2D eigenvalue weighted by Gasteiger charge is 2.31. The second kappa shape index (κ2) is 9.02. The summed E-state index contributed by atoms with van der Waals surface area (Å²) in [4.78, 5) is 26.3. The summed E-state index contributed by atoms with van der Waals surface area (Å²) >= 11 is 0. The Bertz CT molecular complexity index is 1070. The lowest BCUT2D eigenvalue weighted by molar-refractivity contribution is 0.0611. The van der Waals surface area contributed by atoms with Gasteiger partial charge >= 0.3 is 0 Å². The van der Waals surface area contributed by atoms with Crippen LogP contribution in [-0.2, 0) is 11.3 Å². The molecule has 3 aliphatic rings. The summed E-state index contributed by atoms with van der Waals surface area (Å²) in [6, 6.07) is 0.0857. The first-order valence-electron chi connectivity index (χ1n) is 10.8. The summed E-state index contributed by atoms with van der Waals surface area (Å²) in [5.41, 5.74) is 1.71. The van der Waals surface area contributed by atoms with Crippen LogP contribution in [0.4, 0.5) is 0 Å². The highest BCUT2D eigenvalue weighted by Crippen LogP contribution is 2.28. The first-order valence-corrected chi connectivity index (χ1v) is 10.8. The fourth-order valence-corrected chi connectivity index (χ4v) is 4.31. The van der Waals surface area contributed by atoms with Crippen LogP contribution in [-0.4, -0.2) is 57.5 Å². The lowest BCUT2D eigenvalue weighted by Crippen LogP contribution is -2.37. The smallest absolute Gasteiger partial charge is 0.270 e. The average molecular weight is 450 g/mol. The SMILES string of the molecule is Cl.O=C(NC1CC1)c1c(O)n2ncc(C3=CCCNC3)c2n(CC2CCOCC2)c1=O. The third-order valence-corrected chi connectivity index (χ3v) is 6.18. The topological polar surface area (TPSA) is 110 Å². The van der Waals surface area contributed by atoms with Crippen molar-refractivity contribution in [1.29, 1.82) is 0 Å². The van der Waals surface area contributed by atoms with Crippen LogP contribution < -0.4 is 16.2 Å². The summed E-state index contributed by atoms with van der Waals surface area (Å²) < 4.78 is 8.44. The summed E-state index contributed by atoms with van der Waals surface area (Å²) in [6.45, 7) is 3.40. The monoisotopic (exact) mass is 449 g/mol. The second-order valence-corrected chi connectivity index (χ2v) is 8.41. The van der Waals surface area contributed by atoms with Gasteiger partial charge in [0.1, 0.15) is 5.65 Å². The molecule has 1 saturated heterocycles. The van der Waals surface area contributed by atoms with E-state index in [2.05, 4.69) is 21.8 Å². The van der Waals surface area contributed by atoms with Gasteiger partial charge in [0.25, 0.3) is 11.5 Å². The minimum atomic E-state index is -0.529. The number of aromatic hydroxyl groups is 1. The Hall–Kier alpha value is -2.36. The average Bonchev–Trinajstić information content (AvgIpc) is 3.46. The number of carbonyl (C=O) groups excluding carboxylic acids is 1. The van der Waals surface area contributed by atoms with Crippen molar-refractivity contribution in [1.82, 2.24) is 24.8 Å². The number of amides is 1. The van der Waals surface area contributed by atoms with Crippen molar-refractivity contribution in [2.45, 2.75) is 44.7 Å². The minimum Gasteiger partial charge on any atom is -0.492 e. The van der Waals surface area contributed by atoms with Gasteiger partial charge in [-0.3, -0.25) is 14.2 Å². The van der Waals surface area contributed by atoms with Gasteiger partial charge in [-0.05, 0) is 50.1 Å². The zero-order valence-corrected chi connectivity index (χ0v) is 18.1. The maximum absolute atomic E-state index is 13.5. The molecule has 0 bridgehead atoms. The van der Waals surface area contributed by atoms with Crippen molar-refractivity contribution >= 4 is 29.5 Å². The van der Waals surface area contributed by atoms with E-state index in [4.69, 9.17) is 4.74 Å². The van der Waals surface area contributed by atoms with Gasteiger partial charge in [0, 0.05) is 37.9 Å². The second-order valence-electron chi connectivity index (χ2n) is 8.41. The summed E-state index contributed by atoms with van der Waals surface area (Å²) in [5.74, 6) is -0.657. The predicted octanol–water partition coefficient (Wildman–Crippen LogP) is 1.32. The normalized spacial score (nSPS) is 19.7. The minimum absolute atomic E-state index is 0. The van der Waals surface area contributed by atoms with E-state index in [0.29, 0.717) is 32.0 Å². The number of halogens is 1. The molecule has 2 fully saturated rings. The Labute approximate surface area is 185 Å². The maximum Gasteiger partial charge on any atom is 0.270 e. The molecular weight excluding hydrogens is 422 g/mol. The highest BCUT2D eigenvalue weighted by molar-refractivity contribution is 5.97. The van der Waals surface area contributed by atoms with Gasteiger partial charge in [0.2, 0.25) is 5.88 Å². The Morgan fingerprint density at radius 1 is 1.29 bits per heavy atom. The molecule has 0 atom stereocenters. The molecule has 10 heteroatoms. The van der Waals surface area contributed by atoms with Gasteiger partial charge in [-0.15, -0.1) is 12.4 Å². The predicted molar refractivity (Wildman–Crippen MR) is 118 cm³/mol. The van der Waals surface area contributed by atoms with Gasteiger partial charge in [-0.1, -0.05) is 6.08 Å². The van der Waals surface area contributed by atoms with Crippen molar-refractivity contribution in [2.24, 2.45) is 5.92 Å². The van der Waals surface area contributed by atoms with E-state index in [9.17, 15) is 14.7 Å². The number of fused-ring (bicyclic) bond motifs is 1. The zero-order valence-electron chi connectivity index (χ0n) is 17.3. The number of rotatable bonds is 5. The summed E-state index contributed by atoms with van der Waals surface area (Å²) in [5, 5.41) is 21.4. The van der Waals surface area contributed by atoms with Gasteiger partial charge in [-0.2, -0.15) is 9.61 Å². The van der Waals surface area contributed by atoms with E-state index in [1.54, 1.807) is 10.8 Å². The Balaban J connectivity index is 0.00000231. The standard InChI is InChI=1S/C21H27N5O4.ClH/c27-18(24-15-3-4-15)17-20(28)25(12-13-5-8-30-9-6-13)19-16(11-23-26(19)21(17)29)14-2-1-7-22-10-14;/h2,11,13,15,22,29H,1,3-10,12H2,(H,24,27);1H. The molecule has 31 heavy (non-hydrogen) atoms. The van der Waals surface area contributed by atoms with Gasteiger partial charge < -0.3 is 20.5 Å². The van der Waals surface area contributed by atoms with Crippen molar-refractivity contribution < 1.29 is 14.6 Å². The molecule has 0 aromatic carbocycles. The quantitative estimate of drug-likeness (QED) is 0.635. The van der Waals surface area contributed by atoms with Crippen LogP contribution in [0, 0.1) is 5.92 Å². The van der Waals surface area contributed by atoms with Gasteiger partial charge in [-0.25, -0.2) is 0 Å². The molecule has 168 valence electrons. The number of hydrogen-bond acceptors (Lipinski definition) is 6. The molecule has 5 rings (SSSR count). The van der Waals surface area contributed by atoms with Crippen LogP contribution in [0.25, 0.3) is 11.2 Å². The zero-order chi connectivity index (χ0) is 20.7. The molecule has 1 amide bonds. The van der Waals surface area contributed by atoms with Crippen LogP contribution in [0.1, 0.15) is 48.0 Å². The summed E-state index contributed by atoms with van der Waals surface area (Å²) in [6.07, 6.45) is 8.23. The van der Waals surface area contributed by atoms with Crippen LogP contribution in [0.5, 0.6) is 5.88 Å². The number of aromatic nitrogens is 3. The fraction of sp³-hybridized carbons (Fsp3) is 0.571. The van der Waals surface area contributed by atoms with E-state index in [-0.39, 0.29) is 29.9 Å². The van der Waals surface area contributed by atoms with Gasteiger partial charge in [0.05, 0.1) is 6.20 Å². The number of ether oxygens (including phenoxy) is 1. The molecule has 1 aliphatic carbocycles. The summed E-state index contributed by atoms with van der Waals surface area (Å²) in [7, 11) is 0. The molecule has 0 radical (unpaired) electrons. The van der Waals surface area contributed by atoms with E-state index < -0.39 is 17.3 Å². The lowest BCUT2D eigenvalue weighted by atomic mass is 10.00. The molecule has 0 spiro atoms.